The van der Waals surface area contributed by atoms with E-state index in [2.05, 4.69) is 33.9 Å². The summed E-state index contributed by atoms with van der Waals surface area (Å²) in [6.45, 7) is 4.52. The van der Waals surface area contributed by atoms with Crippen molar-refractivity contribution in [1.82, 2.24) is 14.9 Å². The predicted octanol–water partition coefficient (Wildman–Crippen LogP) is 2.29. The van der Waals surface area contributed by atoms with Crippen molar-refractivity contribution >= 4 is 0 Å². The molecule has 122 valence electrons. The van der Waals surface area contributed by atoms with Crippen molar-refractivity contribution in [2.75, 3.05) is 13.7 Å². The predicted molar refractivity (Wildman–Crippen MR) is 89.7 cm³/mol. The summed E-state index contributed by atoms with van der Waals surface area (Å²) >= 11 is 0. The number of rotatable bonds is 5. The molecule has 0 aliphatic carbocycles. The minimum absolute atomic E-state index is 0.0258. The average Bonchev–Trinajstić information content (AvgIpc) is 2.56. The summed E-state index contributed by atoms with van der Waals surface area (Å²) in [5.74, 6) is 1.68. The number of benzene rings is 1. The van der Waals surface area contributed by atoms with E-state index in [-0.39, 0.29) is 5.56 Å². The van der Waals surface area contributed by atoms with Gasteiger partial charge in [-0.25, -0.2) is 4.98 Å². The topological polar surface area (TPSA) is 58.2 Å². The molecule has 2 aromatic rings. The fourth-order valence-electron chi connectivity index (χ4n) is 3.01. The molecule has 0 unspecified atom stereocenters. The zero-order chi connectivity index (χ0) is 16.2. The number of nitrogens with one attached hydrogen (secondary N) is 1. The molecule has 0 bridgehead atoms. The molecule has 0 spiro atoms. The Morgan fingerprint density at radius 2 is 2.09 bits per heavy atom. The van der Waals surface area contributed by atoms with Crippen LogP contribution in [0.2, 0.25) is 0 Å². The van der Waals surface area contributed by atoms with Gasteiger partial charge >= 0.3 is 0 Å². The van der Waals surface area contributed by atoms with Crippen molar-refractivity contribution in [1.29, 1.82) is 0 Å². The monoisotopic (exact) mass is 313 g/mol. The highest BCUT2D eigenvalue weighted by molar-refractivity contribution is 5.27. The second-order valence-corrected chi connectivity index (χ2v) is 6.00. The quantitative estimate of drug-likeness (QED) is 0.920. The molecule has 1 N–H and O–H groups in total. The zero-order valence-corrected chi connectivity index (χ0v) is 13.8. The summed E-state index contributed by atoms with van der Waals surface area (Å²) in [4.78, 5) is 22.1. The second-order valence-electron chi connectivity index (χ2n) is 6.00. The van der Waals surface area contributed by atoms with Crippen LogP contribution in [0.4, 0.5) is 0 Å². The van der Waals surface area contributed by atoms with E-state index in [1.54, 1.807) is 7.11 Å². The van der Waals surface area contributed by atoms with Crippen molar-refractivity contribution in [3.05, 3.63) is 57.3 Å². The molecular weight excluding hydrogens is 290 g/mol. The molecule has 0 radical (unpaired) electrons. The molecule has 5 nitrogen and oxygen atoms in total. The third kappa shape index (κ3) is 3.62. The SMILES string of the molecule is CCCc1nc2c(c(=O)[nH]1)CN(Cc1ccc(OC)cc1)CC2. The Morgan fingerprint density at radius 1 is 1.30 bits per heavy atom. The Morgan fingerprint density at radius 3 is 2.78 bits per heavy atom. The lowest BCUT2D eigenvalue weighted by Gasteiger charge is -2.27. The number of nitrogens with zero attached hydrogens (tertiary/aromatic N) is 2. The van der Waals surface area contributed by atoms with E-state index in [1.165, 1.54) is 5.56 Å². The van der Waals surface area contributed by atoms with Crippen LogP contribution in [0.3, 0.4) is 0 Å². The maximum Gasteiger partial charge on any atom is 0.255 e. The van der Waals surface area contributed by atoms with Crippen LogP contribution >= 0.6 is 0 Å². The summed E-state index contributed by atoms with van der Waals surface area (Å²) in [5, 5.41) is 0. The maximum absolute atomic E-state index is 12.3. The first-order valence-electron chi connectivity index (χ1n) is 8.16. The molecule has 1 aromatic carbocycles. The lowest BCUT2D eigenvalue weighted by molar-refractivity contribution is 0.241. The lowest BCUT2D eigenvalue weighted by Crippen LogP contribution is -2.35. The number of aromatic amines is 1. The molecule has 5 heteroatoms. The van der Waals surface area contributed by atoms with E-state index in [0.29, 0.717) is 6.54 Å². The third-order valence-electron chi connectivity index (χ3n) is 4.25. The van der Waals surface area contributed by atoms with Gasteiger partial charge in [-0.1, -0.05) is 19.1 Å². The van der Waals surface area contributed by atoms with E-state index in [1.807, 2.05) is 12.1 Å². The second kappa shape index (κ2) is 6.96. The smallest absolute Gasteiger partial charge is 0.255 e. The lowest BCUT2D eigenvalue weighted by atomic mass is 10.1. The van der Waals surface area contributed by atoms with Gasteiger partial charge in [0.2, 0.25) is 0 Å². The average molecular weight is 313 g/mol. The van der Waals surface area contributed by atoms with Gasteiger partial charge < -0.3 is 9.72 Å². The number of aromatic nitrogens is 2. The molecule has 2 heterocycles. The number of methoxy groups -OCH3 is 1. The molecule has 1 aromatic heterocycles. The number of fused-ring (bicyclic) bond motifs is 1. The summed E-state index contributed by atoms with van der Waals surface area (Å²) in [7, 11) is 1.67. The van der Waals surface area contributed by atoms with Gasteiger partial charge in [0.05, 0.1) is 18.4 Å². The van der Waals surface area contributed by atoms with E-state index >= 15 is 0 Å². The molecule has 0 amide bonds. The van der Waals surface area contributed by atoms with Gasteiger partial charge in [0.1, 0.15) is 11.6 Å². The van der Waals surface area contributed by atoms with E-state index in [4.69, 9.17) is 4.74 Å². The first kappa shape index (κ1) is 15.7. The Labute approximate surface area is 136 Å². The maximum atomic E-state index is 12.3. The molecule has 1 aliphatic heterocycles. The fourth-order valence-corrected chi connectivity index (χ4v) is 3.01. The largest absolute Gasteiger partial charge is 0.497 e. The van der Waals surface area contributed by atoms with Gasteiger partial charge in [0.15, 0.2) is 0 Å². The molecule has 0 saturated heterocycles. The Bertz CT molecular complexity index is 722. The normalized spacial score (nSPS) is 14.5. The summed E-state index contributed by atoms with van der Waals surface area (Å²) in [5.41, 5.74) is 3.05. The first-order valence-corrected chi connectivity index (χ1v) is 8.16. The first-order chi connectivity index (χ1) is 11.2. The van der Waals surface area contributed by atoms with Crippen molar-refractivity contribution in [2.45, 2.75) is 39.3 Å². The number of aryl methyl sites for hydroxylation is 1. The molecule has 0 saturated carbocycles. The van der Waals surface area contributed by atoms with Gasteiger partial charge in [-0.05, 0) is 24.1 Å². The third-order valence-corrected chi connectivity index (χ3v) is 4.25. The number of H-pyrrole nitrogens is 1. The van der Waals surface area contributed by atoms with Crippen molar-refractivity contribution in [3.63, 3.8) is 0 Å². The number of ether oxygens (including phenoxy) is 1. The standard InChI is InChI=1S/C18H23N3O2/c1-3-4-17-19-16-9-10-21(12-15(16)18(22)20-17)11-13-5-7-14(23-2)8-6-13/h5-8H,3-4,9-12H2,1-2H3,(H,19,20,22). The van der Waals surface area contributed by atoms with E-state index in [9.17, 15) is 4.79 Å². The molecule has 1 aliphatic rings. The summed E-state index contributed by atoms with van der Waals surface area (Å²) in [6.07, 6.45) is 2.66. The molecule has 0 fully saturated rings. The van der Waals surface area contributed by atoms with Crippen LogP contribution in [0.25, 0.3) is 0 Å². The van der Waals surface area contributed by atoms with Gasteiger partial charge in [-0.2, -0.15) is 0 Å². The van der Waals surface area contributed by atoms with Gasteiger partial charge in [-0.15, -0.1) is 0 Å². The Hall–Kier alpha value is -2.14. The van der Waals surface area contributed by atoms with Crippen LogP contribution in [0, 0.1) is 0 Å². The minimum Gasteiger partial charge on any atom is -0.497 e. The van der Waals surface area contributed by atoms with Crippen molar-refractivity contribution in [3.8, 4) is 5.75 Å². The van der Waals surface area contributed by atoms with Crippen LogP contribution in [0.15, 0.2) is 29.1 Å². The number of hydrogen-bond donors (Lipinski definition) is 1. The summed E-state index contributed by atoms with van der Waals surface area (Å²) < 4.78 is 5.19. The molecular formula is C18H23N3O2. The van der Waals surface area contributed by atoms with Crippen LogP contribution in [0.5, 0.6) is 5.75 Å². The van der Waals surface area contributed by atoms with E-state index < -0.39 is 0 Å². The highest BCUT2D eigenvalue weighted by Gasteiger charge is 2.21. The Balaban J connectivity index is 1.73. The minimum atomic E-state index is 0.0258. The van der Waals surface area contributed by atoms with Gasteiger partial charge in [0, 0.05) is 32.5 Å². The fraction of sp³-hybridized carbons (Fsp3) is 0.444. The number of hydrogen-bond acceptors (Lipinski definition) is 4. The van der Waals surface area contributed by atoms with Crippen LogP contribution in [0.1, 0.15) is 36.0 Å². The molecule has 0 atom stereocenters. The Kier molecular flexibility index (Phi) is 4.76. The van der Waals surface area contributed by atoms with Crippen LogP contribution in [-0.4, -0.2) is 28.5 Å². The molecule has 3 rings (SSSR count). The van der Waals surface area contributed by atoms with Gasteiger partial charge in [-0.3, -0.25) is 9.69 Å². The van der Waals surface area contributed by atoms with E-state index in [0.717, 1.165) is 55.2 Å². The highest BCUT2D eigenvalue weighted by Crippen LogP contribution is 2.18. The van der Waals surface area contributed by atoms with Gasteiger partial charge in [0.25, 0.3) is 5.56 Å². The van der Waals surface area contributed by atoms with Crippen molar-refractivity contribution < 1.29 is 4.74 Å². The zero-order valence-electron chi connectivity index (χ0n) is 13.8. The van der Waals surface area contributed by atoms with Crippen molar-refractivity contribution in [2.24, 2.45) is 0 Å². The molecule has 23 heavy (non-hydrogen) atoms. The van der Waals surface area contributed by atoms with Crippen LogP contribution in [-0.2, 0) is 25.9 Å². The summed E-state index contributed by atoms with van der Waals surface area (Å²) in [6, 6.07) is 8.08. The van der Waals surface area contributed by atoms with Crippen LogP contribution < -0.4 is 10.3 Å². The highest BCUT2D eigenvalue weighted by atomic mass is 16.5.